The fraction of sp³-hybridized carbons (Fsp3) is 0.400. The molecule has 0 amide bonds. The van der Waals surface area contributed by atoms with Gasteiger partial charge in [0.2, 0.25) is 5.88 Å². The van der Waals surface area contributed by atoms with Gasteiger partial charge in [-0.1, -0.05) is 0 Å². The number of ether oxygens (including phenoxy) is 1. The van der Waals surface area contributed by atoms with E-state index in [1.165, 1.54) is 6.33 Å². The molecule has 74 valence electrons. The van der Waals surface area contributed by atoms with Crippen molar-refractivity contribution >= 4 is 5.82 Å². The van der Waals surface area contributed by atoms with Crippen LogP contribution in [0.2, 0.25) is 0 Å². The molecule has 1 aromatic heterocycles. The van der Waals surface area contributed by atoms with Gasteiger partial charge in [-0.25, -0.2) is 9.97 Å². The molecule has 0 aliphatic heterocycles. The summed E-state index contributed by atoms with van der Waals surface area (Å²) in [5.41, 5.74) is 0. The Morgan fingerprint density at radius 2 is 2.43 bits per heavy atom. The second-order valence-electron chi connectivity index (χ2n) is 2.90. The van der Waals surface area contributed by atoms with Crippen LogP contribution in [0.25, 0.3) is 0 Å². The molecule has 14 heavy (non-hydrogen) atoms. The first-order chi connectivity index (χ1) is 6.76. The van der Waals surface area contributed by atoms with Crippen molar-refractivity contribution in [3.8, 4) is 18.2 Å². The Labute approximate surface area is 83.7 Å². The van der Waals surface area contributed by atoms with Crippen molar-refractivity contribution in [2.45, 2.75) is 19.4 Å². The van der Waals surface area contributed by atoms with E-state index in [9.17, 15) is 0 Å². The van der Waals surface area contributed by atoms with E-state index in [-0.39, 0.29) is 6.04 Å². The van der Waals surface area contributed by atoms with E-state index in [2.05, 4.69) is 21.2 Å². The van der Waals surface area contributed by atoms with Crippen LogP contribution < -0.4 is 10.1 Å². The van der Waals surface area contributed by atoms with Crippen LogP contribution >= 0.6 is 0 Å². The Balaban J connectivity index is 2.63. The normalized spacial score (nSPS) is 11.5. The first kappa shape index (κ1) is 10.3. The lowest BCUT2D eigenvalue weighted by Gasteiger charge is -2.11. The lowest BCUT2D eigenvalue weighted by atomic mass is 10.2. The first-order valence-corrected chi connectivity index (χ1v) is 4.32. The molecule has 0 saturated heterocycles. The molecule has 0 aliphatic carbocycles. The van der Waals surface area contributed by atoms with Gasteiger partial charge in [-0.2, -0.15) is 0 Å². The molecule has 1 rings (SSSR count). The number of nitrogens with zero attached hydrogens (tertiary/aromatic N) is 2. The van der Waals surface area contributed by atoms with Gasteiger partial charge in [-0.15, -0.1) is 12.3 Å². The van der Waals surface area contributed by atoms with Gasteiger partial charge in [0.1, 0.15) is 12.1 Å². The van der Waals surface area contributed by atoms with Crippen LogP contribution in [0.15, 0.2) is 12.4 Å². The zero-order valence-electron chi connectivity index (χ0n) is 8.32. The molecule has 1 aromatic rings. The molecule has 4 heteroatoms. The fourth-order valence-corrected chi connectivity index (χ4v) is 1.01. The molecule has 0 aliphatic rings. The van der Waals surface area contributed by atoms with Crippen molar-refractivity contribution < 1.29 is 4.74 Å². The monoisotopic (exact) mass is 191 g/mol. The molecular formula is C10H13N3O. The average molecular weight is 191 g/mol. The van der Waals surface area contributed by atoms with Gasteiger partial charge < -0.3 is 10.1 Å². The Morgan fingerprint density at radius 3 is 3.07 bits per heavy atom. The Kier molecular flexibility index (Phi) is 3.74. The number of hydrogen-bond acceptors (Lipinski definition) is 4. The summed E-state index contributed by atoms with van der Waals surface area (Å²) in [6, 6.07) is 1.92. The highest BCUT2D eigenvalue weighted by atomic mass is 16.5. The lowest BCUT2D eigenvalue weighted by Crippen LogP contribution is -2.15. The summed E-state index contributed by atoms with van der Waals surface area (Å²) in [7, 11) is 1.57. The molecule has 0 aromatic carbocycles. The topological polar surface area (TPSA) is 47.0 Å². The molecule has 0 fully saturated rings. The second-order valence-corrected chi connectivity index (χ2v) is 2.90. The van der Waals surface area contributed by atoms with Gasteiger partial charge in [0, 0.05) is 18.5 Å². The van der Waals surface area contributed by atoms with E-state index in [1.54, 1.807) is 13.2 Å². The van der Waals surface area contributed by atoms with Crippen LogP contribution in [0.5, 0.6) is 5.88 Å². The van der Waals surface area contributed by atoms with Crippen LogP contribution in [0, 0.1) is 12.3 Å². The highest BCUT2D eigenvalue weighted by molar-refractivity contribution is 5.38. The Bertz CT molecular complexity index is 332. The smallest absolute Gasteiger partial charge is 0.218 e. The molecule has 0 saturated carbocycles. The second kappa shape index (κ2) is 5.07. The quantitative estimate of drug-likeness (QED) is 0.729. The van der Waals surface area contributed by atoms with E-state index < -0.39 is 0 Å². The van der Waals surface area contributed by atoms with Crippen LogP contribution in [0.3, 0.4) is 0 Å². The third-order valence-electron chi connectivity index (χ3n) is 1.67. The van der Waals surface area contributed by atoms with Gasteiger partial charge in [-0.05, 0) is 6.92 Å². The molecule has 4 nitrogen and oxygen atoms in total. The fourth-order valence-electron chi connectivity index (χ4n) is 1.01. The average Bonchev–Trinajstić information content (AvgIpc) is 2.18. The summed E-state index contributed by atoms with van der Waals surface area (Å²) >= 11 is 0. The molecule has 1 heterocycles. The van der Waals surface area contributed by atoms with Crippen molar-refractivity contribution in [2.24, 2.45) is 0 Å². The molecule has 1 N–H and O–H groups in total. The maximum atomic E-state index is 5.19. The summed E-state index contributed by atoms with van der Waals surface area (Å²) in [6.45, 7) is 1.99. The van der Waals surface area contributed by atoms with E-state index in [0.717, 1.165) is 5.82 Å². The minimum atomic E-state index is 0.194. The molecular weight excluding hydrogens is 178 g/mol. The van der Waals surface area contributed by atoms with Crippen molar-refractivity contribution in [3.63, 3.8) is 0 Å². The zero-order valence-corrected chi connectivity index (χ0v) is 8.32. The number of rotatable bonds is 4. The zero-order chi connectivity index (χ0) is 10.4. The summed E-state index contributed by atoms with van der Waals surface area (Å²) in [5, 5.41) is 3.14. The number of anilines is 1. The third kappa shape index (κ3) is 2.94. The van der Waals surface area contributed by atoms with Crippen molar-refractivity contribution in [1.82, 2.24) is 9.97 Å². The maximum Gasteiger partial charge on any atom is 0.218 e. The largest absolute Gasteiger partial charge is 0.481 e. The van der Waals surface area contributed by atoms with Gasteiger partial charge >= 0.3 is 0 Å². The minimum Gasteiger partial charge on any atom is -0.481 e. The molecule has 1 atom stereocenters. The first-order valence-electron chi connectivity index (χ1n) is 4.32. The van der Waals surface area contributed by atoms with Gasteiger partial charge in [0.25, 0.3) is 0 Å². The summed E-state index contributed by atoms with van der Waals surface area (Å²) in [5.74, 6) is 3.84. The predicted octanol–water partition coefficient (Wildman–Crippen LogP) is 1.31. The van der Waals surface area contributed by atoms with Crippen molar-refractivity contribution in [1.29, 1.82) is 0 Å². The maximum absolute atomic E-state index is 5.19. The van der Waals surface area contributed by atoms with E-state index in [4.69, 9.17) is 11.2 Å². The molecule has 1 unspecified atom stereocenters. The van der Waals surface area contributed by atoms with Gasteiger partial charge in [0.05, 0.1) is 7.11 Å². The molecule has 0 radical (unpaired) electrons. The lowest BCUT2D eigenvalue weighted by molar-refractivity contribution is 0.397. The standard InChI is InChI=1S/C10H13N3O/c1-4-5-8(2)13-9-6-10(14-3)12-7-11-9/h1,6-8H,5H2,2-3H3,(H,11,12,13). The molecule has 0 bridgehead atoms. The van der Waals surface area contributed by atoms with Crippen LogP contribution in [-0.4, -0.2) is 23.1 Å². The van der Waals surface area contributed by atoms with Gasteiger partial charge in [-0.3, -0.25) is 0 Å². The highest BCUT2D eigenvalue weighted by Gasteiger charge is 2.02. The summed E-state index contributed by atoms with van der Waals surface area (Å²) in [6.07, 6.45) is 7.30. The molecule has 0 spiro atoms. The number of methoxy groups -OCH3 is 1. The van der Waals surface area contributed by atoms with Crippen LogP contribution in [0.4, 0.5) is 5.82 Å². The number of hydrogen-bond donors (Lipinski definition) is 1. The minimum absolute atomic E-state index is 0.194. The van der Waals surface area contributed by atoms with E-state index >= 15 is 0 Å². The number of aromatic nitrogens is 2. The van der Waals surface area contributed by atoms with E-state index in [1.807, 2.05) is 6.92 Å². The Hall–Kier alpha value is -1.76. The van der Waals surface area contributed by atoms with E-state index in [0.29, 0.717) is 12.3 Å². The van der Waals surface area contributed by atoms with Crippen molar-refractivity contribution in [2.75, 3.05) is 12.4 Å². The number of nitrogens with one attached hydrogen (secondary N) is 1. The SMILES string of the molecule is C#CCC(C)Nc1cc(OC)ncn1. The summed E-state index contributed by atoms with van der Waals surface area (Å²) < 4.78 is 4.96. The number of terminal acetylenes is 1. The predicted molar refractivity (Wildman–Crippen MR) is 55.1 cm³/mol. The van der Waals surface area contributed by atoms with Crippen LogP contribution in [-0.2, 0) is 0 Å². The van der Waals surface area contributed by atoms with Gasteiger partial charge in [0.15, 0.2) is 0 Å². The van der Waals surface area contributed by atoms with Crippen molar-refractivity contribution in [3.05, 3.63) is 12.4 Å². The Morgan fingerprint density at radius 1 is 1.64 bits per heavy atom. The summed E-state index contributed by atoms with van der Waals surface area (Å²) in [4.78, 5) is 7.94. The highest BCUT2D eigenvalue weighted by Crippen LogP contribution is 2.11. The van der Waals surface area contributed by atoms with Crippen LogP contribution in [0.1, 0.15) is 13.3 Å². The third-order valence-corrected chi connectivity index (χ3v) is 1.67.